The zero-order chi connectivity index (χ0) is 21.8. The van der Waals surface area contributed by atoms with Crippen LogP contribution in [0.5, 0.6) is 0 Å². The van der Waals surface area contributed by atoms with Crippen LogP contribution in [0.1, 0.15) is 41.7 Å². The molecule has 2 aromatic heterocycles. The maximum atomic E-state index is 5.17. The van der Waals surface area contributed by atoms with E-state index in [2.05, 4.69) is 90.9 Å². The van der Waals surface area contributed by atoms with Crippen molar-refractivity contribution < 1.29 is 0 Å². The minimum absolute atomic E-state index is 0.0210. The Hall–Kier alpha value is -3.05. The van der Waals surface area contributed by atoms with Crippen LogP contribution in [-0.2, 0) is 0 Å². The lowest BCUT2D eigenvalue weighted by Crippen LogP contribution is -2.28. The first-order chi connectivity index (χ1) is 15.6. The van der Waals surface area contributed by atoms with E-state index < -0.39 is 0 Å². The number of benzene rings is 2. The zero-order valence-corrected chi connectivity index (χ0v) is 19.4. The van der Waals surface area contributed by atoms with Crippen molar-refractivity contribution in [2.24, 2.45) is 4.99 Å². The summed E-state index contributed by atoms with van der Waals surface area (Å²) >= 11 is 1.89. The number of aliphatic imine (C=N–C) groups is 1. The van der Waals surface area contributed by atoms with Crippen molar-refractivity contribution in [2.45, 2.75) is 38.1 Å². The lowest BCUT2D eigenvalue weighted by molar-refractivity contribution is 0.320. The van der Waals surface area contributed by atoms with Gasteiger partial charge in [-0.1, -0.05) is 61.2 Å². The van der Waals surface area contributed by atoms with Crippen molar-refractivity contribution in [3.8, 4) is 5.69 Å². The molecule has 3 unspecified atom stereocenters. The summed E-state index contributed by atoms with van der Waals surface area (Å²) in [6.07, 6.45) is 1.88. The third-order valence-corrected chi connectivity index (χ3v) is 7.78. The van der Waals surface area contributed by atoms with E-state index >= 15 is 0 Å². The van der Waals surface area contributed by atoms with Crippen molar-refractivity contribution in [1.82, 2.24) is 14.5 Å². The van der Waals surface area contributed by atoms with Gasteiger partial charge in [0.25, 0.3) is 0 Å². The van der Waals surface area contributed by atoms with Crippen LogP contribution in [0.15, 0.2) is 77.9 Å². The molecule has 0 radical (unpaired) electrons. The Morgan fingerprint density at radius 2 is 1.78 bits per heavy atom. The molecule has 6 rings (SSSR count). The van der Waals surface area contributed by atoms with Crippen molar-refractivity contribution in [1.29, 1.82) is 0 Å². The molecule has 2 aliphatic rings. The third-order valence-electron chi connectivity index (χ3n) is 6.68. The molecule has 5 heteroatoms. The first-order valence-electron chi connectivity index (χ1n) is 11.2. The lowest BCUT2D eigenvalue weighted by atomic mass is 9.96. The first kappa shape index (κ1) is 19.6. The molecular weight excluding hydrogens is 412 g/mol. The summed E-state index contributed by atoms with van der Waals surface area (Å²) in [5.41, 5.74) is 6.16. The van der Waals surface area contributed by atoms with E-state index in [4.69, 9.17) is 9.98 Å². The van der Waals surface area contributed by atoms with Crippen molar-refractivity contribution >= 4 is 27.7 Å². The molecule has 0 N–H and O–H groups in total. The number of hydrogen-bond acceptors (Lipinski definition) is 4. The smallest absolute Gasteiger partial charge is 0.160 e. The lowest BCUT2D eigenvalue weighted by Gasteiger charge is -2.27. The standard InChI is InChI=1S/C27H26N4S/c1-17-15-22(19(3)31(17)24-13-8-10-20-9-4-5-11-21(20)24)26-25(23-12-6-7-14-28-23)29-27-30(26)16-18(2)32-27/h4-15,18,25-26H,16H2,1-3H3. The maximum absolute atomic E-state index is 5.17. The SMILES string of the molecule is Cc1cc(C2C(c3ccccn3)N=C3SC(C)CN32)c(C)n1-c1cccc2ccccc12. The molecule has 32 heavy (non-hydrogen) atoms. The molecule has 1 fully saturated rings. The molecule has 0 amide bonds. The van der Waals surface area contributed by atoms with Crippen molar-refractivity contribution in [2.75, 3.05) is 6.54 Å². The quantitative estimate of drug-likeness (QED) is 0.380. The molecule has 3 atom stereocenters. The molecule has 0 aliphatic carbocycles. The predicted molar refractivity (Wildman–Crippen MR) is 134 cm³/mol. The van der Waals surface area contributed by atoms with Gasteiger partial charge in [0, 0.05) is 34.8 Å². The molecular formula is C27H26N4S. The Bertz CT molecular complexity index is 1340. The number of aryl methyl sites for hydroxylation is 1. The number of fused-ring (bicyclic) bond motifs is 2. The number of thioether (sulfide) groups is 1. The highest BCUT2D eigenvalue weighted by molar-refractivity contribution is 8.14. The largest absolute Gasteiger partial charge is 0.341 e. The zero-order valence-electron chi connectivity index (χ0n) is 18.6. The average molecular weight is 439 g/mol. The van der Waals surface area contributed by atoms with E-state index in [1.54, 1.807) is 0 Å². The van der Waals surface area contributed by atoms with Crippen LogP contribution in [-0.4, -0.2) is 31.4 Å². The van der Waals surface area contributed by atoms with Crippen molar-refractivity contribution in [3.63, 3.8) is 0 Å². The minimum Gasteiger partial charge on any atom is -0.341 e. The number of aromatic nitrogens is 2. The average Bonchev–Trinajstić information content (AvgIpc) is 3.43. The number of amidine groups is 1. The van der Waals surface area contributed by atoms with Crippen LogP contribution in [0.25, 0.3) is 16.5 Å². The van der Waals surface area contributed by atoms with Gasteiger partial charge in [-0.25, -0.2) is 0 Å². The number of rotatable bonds is 3. The van der Waals surface area contributed by atoms with Crippen LogP contribution < -0.4 is 0 Å². The van der Waals surface area contributed by atoms with Gasteiger partial charge in [0.05, 0.1) is 17.4 Å². The summed E-state index contributed by atoms with van der Waals surface area (Å²) in [4.78, 5) is 12.4. The molecule has 1 saturated heterocycles. The van der Waals surface area contributed by atoms with Gasteiger partial charge in [0.15, 0.2) is 5.17 Å². The van der Waals surface area contributed by atoms with Crippen LogP contribution in [0.2, 0.25) is 0 Å². The number of pyridine rings is 1. The van der Waals surface area contributed by atoms with E-state index in [9.17, 15) is 0 Å². The highest BCUT2D eigenvalue weighted by Gasteiger charge is 2.44. The minimum atomic E-state index is 0.0210. The molecule has 2 aromatic carbocycles. The normalized spacial score (nSPS) is 22.4. The Labute approximate surface area is 193 Å². The second-order valence-corrected chi connectivity index (χ2v) is 10.2. The van der Waals surface area contributed by atoms with Gasteiger partial charge in [-0.15, -0.1) is 0 Å². The summed E-state index contributed by atoms with van der Waals surface area (Å²) in [5, 5.41) is 4.26. The fraction of sp³-hybridized carbons (Fsp3) is 0.259. The predicted octanol–water partition coefficient (Wildman–Crippen LogP) is 6.23. The Kier molecular flexibility index (Phi) is 4.61. The fourth-order valence-corrected chi connectivity index (χ4v) is 6.41. The van der Waals surface area contributed by atoms with Crippen molar-refractivity contribution in [3.05, 3.63) is 95.6 Å². The van der Waals surface area contributed by atoms with Crippen LogP contribution in [0.4, 0.5) is 0 Å². The summed E-state index contributed by atoms with van der Waals surface area (Å²) in [6.45, 7) is 7.78. The third kappa shape index (κ3) is 2.99. The van der Waals surface area contributed by atoms with E-state index in [1.807, 2.05) is 24.0 Å². The molecule has 4 heterocycles. The monoisotopic (exact) mass is 438 g/mol. The van der Waals surface area contributed by atoms with Gasteiger partial charge in [0.1, 0.15) is 6.04 Å². The van der Waals surface area contributed by atoms with Crippen LogP contribution in [0, 0.1) is 13.8 Å². The van der Waals surface area contributed by atoms with Gasteiger partial charge in [-0.2, -0.15) is 0 Å². The molecule has 2 aliphatic heterocycles. The number of hydrogen-bond donors (Lipinski definition) is 0. The Balaban J connectivity index is 1.51. The second-order valence-electron chi connectivity index (χ2n) is 8.80. The summed E-state index contributed by atoms with van der Waals surface area (Å²) in [6, 6.07) is 23.9. The molecule has 0 saturated carbocycles. The van der Waals surface area contributed by atoms with E-state index in [-0.39, 0.29) is 12.1 Å². The number of nitrogens with zero attached hydrogens (tertiary/aromatic N) is 4. The molecule has 0 bridgehead atoms. The Morgan fingerprint density at radius 1 is 0.969 bits per heavy atom. The van der Waals surface area contributed by atoms with Gasteiger partial charge < -0.3 is 9.47 Å². The van der Waals surface area contributed by atoms with E-state index in [1.165, 1.54) is 33.4 Å². The first-order valence-corrected chi connectivity index (χ1v) is 12.1. The highest BCUT2D eigenvalue weighted by Crippen LogP contribution is 2.49. The topological polar surface area (TPSA) is 33.4 Å². The second kappa shape index (κ2) is 7.52. The van der Waals surface area contributed by atoms with Gasteiger partial charge >= 0.3 is 0 Å². The van der Waals surface area contributed by atoms with E-state index in [0.29, 0.717) is 5.25 Å². The molecule has 4 aromatic rings. The molecule has 160 valence electrons. The van der Waals surface area contributed by atoms with E-state index in [0.717, 1.165) is 17.4 Å². The maximum Gasteiger partial charge on any atom is 0.160 e. The van der Waals surface area contributed by atoms with Crippen LogP contribution >= 0.6 is 11.8 Å². The summed E-state index contributed by atoms with van der Waals surface area (Å²) < 4.78 is 2.41. The summed E-state index contributed by atoms with van der Waals surface area (Å²) in [7, 11) is 0. The fourth-order valence-electron chi connectivity index (χ4n) is 5.31. The van der Waals surface area contributed by atoms with Gasteiger partial charge in [-0.3, -0.25) is 9.98 Å². The van der Waals surface area contributed by atoms with Gasteiger partial charge in [0.2, 0.25) is 0 Å². The molecule has 4 nitrogen and oxygen atoms in total. The molecule has 0 spiro atoms. The highest BCUT2D eigenvalue weighted by atomic mass is 32.2. The van der Waals surface area contributed by atoms with Gasteiger partial charge in [-0.05, 0) is 49.1 Å². The van der Waals surface area contributed by atoms with Crippen LogP contribution in [0.3, 0.4) is 0 Å². The summed E-state index contributed by atoms with van der Waals surface area (Å²) in [5.74, 6) is 0. The Morgan fingerprint density at radius 3 is 2.62 bits per heavy atom.